The SMILES string of the molecule is CNC(=O)C[C@H](C)N(C)Cc1ccc(-c2ccccn2)cc1. The summed E-state index contributed by atoms with van der Waals surface area (Å²) in [7, 11) is 3.71. The molecule has 1 aromatic carbocycles. The van der Waals surface area contributed by atoms with Gasteiger partial charge in [0.05, 0.1) is 5.69 Å². The second-order valence-corrected chi connectivity index (χ2v) is 5.55. The van der Waals surface area contributed by atoms with Gasteiger partial charge in [-0.15, -0.1) is 0 Å². The van der Waals surface area contributed by atoms with E-state index in [1.54, 1.807) is 13.2 Å². The number of amides is 1. The van der Waals surface area contributed by atoms with E-state index in [2.05, 4.69) is 46.4 Å². The van der Waals surface area contributed by atoms with Crippen molar-refractivity contribution in [2.75, 3.05) is 14.1 Å². The van der Waals surface area contributed by atoms with Gasteiger partial charge in [-0.25, -0.2) is 0 Å². The Kier molecular flexibility index (Phi) is 5.67. The van der Waals surface area contributed by atoms with Gasteiger partial charge in [0.15, 0.2) is 0 Å². The van der Waals surface area contributed by atoms with Crippen LogP contribution in [0.2, 0.25) is 0 Å². The molecule has 0 bridgehead atoms. The Morgan fingerprint density at radius 2 is 1.95 bits per heavy atom. The average Bonchev–Trinajstić information content (AvgIpc) is 2.56. The highest BCUT2D eigenvalue weighted by atomic mass is 16.1. The van der Waals surface area contributed by atoms with Crippen molar-refractivity contribution in [2.45, 2.75) is 25.9 Å². The summed E-state index contributed by atoms with van der Waals surface area (Å²) in [5.41, 5.74) is 3.33. The van der Waals surface area contributed by atoms with E-state index in [0.29, 0.717) is 6.42 Å². The first-order valence-electron chi connectivity index (χ1n) is 7.51. The number of hydrogen-bond acceptors (Lipinski definition) is 3. The fourth-order valence-corrected chi connectivity index (χ4v) is 2.28. The van der Waals surface area contributed by atoms with Gasteiger partial charge in [-0.3, -0.25) is 14.7 Å². The highest BCUT2D eigenvalue weighted by Gasteiger charge is 2.13. The third-order valence-electron chi connectivity index (χ3n) is 3.86. The van der Waals surface area contributed by atoms with Crippen molar-refractivity contribution < 1.29 is 4.79 Å². The maximum absolute atomic E-state index is 11.4. The number of nitrogens with zero attached hydrogens (tertiary/aromatic N) is 2. The molecule has 4 heteroatoms. The molecule has 1 N–H and O–H groups in total. The van der Waals surface area contributed by atoms with Crippen molar-refractivity contribution >= 4 is 5.91 Å². The maximum atomic E-state index is 11.4. The number of pyridine rings is 1. The monoisotopic (exact) mass is 297 g/mol. The molecule has 0 saturated carbocycles. The largest absolute Gasteiger partial charge is 0.359 e. The molecule has 0 unspecified atom stereocenters. The van der Waals surface area contributed by atoms with E-state index in [1.165, 1.54) is 5.56 Å². The van der Waals surface area contributed by atoms with Crippen LogP contribution in [0.4, 0.5) is 0 Å². The molecule has 0 aliphatic carbocycles. The zero-order valence-corrected chi connectivity index (χ0v) is 13.4. The molecule has 2 aromatic rings. The first-order valence-corrected chi connectivity index (χ1v) is 7.51. The maximum Gasteiger partial charge on any atom is 0.221 e. The lowest BCUT2D eigenvalue weighted by atomic mass is 10.1. The summed E-state index contributed by atoms with van der Waals surface area (Å²) in [4.78, 5) is 18.0. The molecule has 2 rings (SSSR count). The minimum Gasteiger partial charge on any atom is -0.359 e. The number of hydrogen-bond donors (Lipinski definition) is 1. The number of carbonyl (C=O) groups is 1. The predicted octanol–water partition coefficient (Wildman–Crippen LogP) is 2.71. The number of nitrogens with one attached hydrogen (secondary N) is 1. The molecule has 22 heavy (non-hydrogen) atoms. The molecule has 0 saturated heterocycles. The van der Waals surface area contributed by atoms with Gasteiger partial charge in [0.1, 0.15) is 0 Å². The molecule has 0 aliphatic rings. The standard InChI is InChI=1S/C18H23N3O/c1-14(12-18(22)19-2)21(3)13-15-7-9-16(10-8-15)17-6-4-5-11-20-17/h4-11,14H,12-13H2,1-3H3,(H,19,22)/t14-/m0/s1. The lowest BCUT2D eigenvalue weighted by molar-refractivity contribution is -0.121. The Hall–Kier alpha value is -2.20. The van der Waals surface area contributed by atoms with Crippen LogP contribution in [-0.4, -0.2) is 35.9 Å². The zero-order chi connectivity index (χ0) is 15.9. The minimum absolute atomic E-state index is 0.0739. The Labute approximate surface area is 132 Å². The third-order valence-corrected chi connectivity index (χ3v) is 3.86. The quantitative estimate of drug-likeness (QED) is 0.891. The van der Waals surface area contributed by atoms with E-state index >= 15 is 0 Å². The highest BCUT2D eigenvalue weighted by Crippen LogP contribution is 2.18. The molecule has 0 radical (unpaired) electrons. The second-order valence-electron chi connectivity index (χ2n) is 5.55. The van der Waals surface area contributed by atoms with Gasteiger partial charge < -0.3 is 5.32 Å². The van der Waals surface area contributed by atoms with Gasteiger partial charge in [0, 0.05) is 37.8 Å². The van der Waals surface area contributed by atoms with E-state index in [9.17, 15) is 4.79 Å². The van der Waals surface area contributed by atoms with E-state index in [-0.39, 0.29) is 11.9 Å². The Morgan fingerprint density at radius 1 is 1.23 bits per heavy atom. The minimum atomic E-state index is 0.0739. The van der Waals surface area contributed by atoms with Crippen molar-refractivity contribution in [3.05, 3.63) is 54.2 Å². The summed E-state index contributed by atoms with van der Waals surface area (Å²) in [5, 5.41) is 2.67. The van der Waals surface area contributed by atoms with Gasteiger partial charge >= 0.3 is 0 Å². The molecule has 116 valence electrons. The molecule has 0 spiro atoms. The molecule has 0 fully saturated rings. The molecule has 0 aliphatic heterocycles. The molecular weight excluding hydrogens is 274 g/mol. The average molecular weight is 297 g/mol. The summed E-state index contributed by atoms with van der Waals surface area (Å²) in [6.45, 7) is 2.89. The normalized spacial score (nSPS) is 12.2. The number of benzene rings is 1. The molecule has 1 heterocycles. The van der Waals surface area contributed by atoms with E-state index in [1.807, 2.05) is 25.2 Å². The fourth-order valence-electron chi connectivity index (χ4n) is 2.28. The van der Waals surface area contributed by atoms with Crippen LogP contribution >= 0.6 is 0 Å². The summed E-state index contributed by atoms with van der Waals surface area (Å²) < 4.78 is 0. The summed E-state index contributed by atoms with van der Waals surface area (Å²) in [6, 6.07) is 14.5. The molecule has 1 amide bonds. The summed E-state index contributed by atoms with van der Waals surface area (Å²) in [6.07, 6.45) is 2.32. The molecule has 4 nitrogen and oxygen atoms in total. The molecule has 1 aromatic heterocycles. The van der Waals surface area contributed by atoms with Gasteiger partial charge in [-0.2, -0.15) is 0 Å². The van der Waals surface area contributed by atoms with Crippen LogP contribution in [0.25, 0.3) is 11.3 Å². The lowest BCUT2D eigenvalue weighted by Crippen LogP contribution is -2.33. The van der Waals surface area contributed by atoms with Gasteiger partial charge in [-0.1, -0.05) is 30.3 Å². The number of aromatic nitrogens is 1. The van der Waals surface area contributed by atoms with Crippen LogP contribution in [0.15, 0.2) is 48.7 Å². The zero-order valence-electron chi connectivity index (χ0n) is 13.4. The van der Waals surface area contributed by atoms with Crippen molar-refractivity contribution in [1.29, 1.82) is 0 Å². The number of rotatable bonds is 6. The van der Waals surface area contributed by atoms with Crippen molar-refractivity contribution in [3.63, 3.8) is 0 Å². The van der Waals surface area contributed by atoms with E-state index in [0.717, 1.165) is 17.8 Å². The fraction of sp³-hybridized carbons (Fsp3) is 0.333. The van der Waals surface area contributed by atoms with Crippen LogP contribution in [0.1, 0.15) is 18.9 Å². The van der Waals surface area contributed by atoms with Crippen molar-refractivity contribution in [3.8, 4) is 11.3 Å². The van der Waals surface area contributed by atoms with Crippen LogP contribution in [0.5, 0.6) is 0 Å². The summed E-state index contributed by atoms with van der Waals surface area (Å²) in [5.74, 6) is 0.0739. The van der Waals surface area contributed by atoms with Gasteiger partial charge in [-0.05, 0) is 31.7 Å². The molecule has 1 atom stereocenters. The Bertz CT molecular complexity index is 595. The van der Waals surface area contributed by atoms with Gasteiger partial charge in [0.2, 0.25) is 5.91 Å². The first-order chi connectivity index (χ1) is 10.6. The van der Waals surface area contributed by atoms with Crippen LogP contribution in [0.3, 0.4) is 0 Å². The smallest absolute Gasteiger partial charge is 0.221 e. The summed E-state index contributed by atoms with van der Waals surface area (Å²) >= 11 is 0. The van der Waals surface area contributed by atoms with E-state index in [4.69, 9.17) is 0 Å². The van der Waals surface area contributed by atoms with Crippen LogP contribution in [-0.2, 0) is 11.3 Å². The number of carbonyl (C=O) groups excluding carboxylic acids is 1. The first kappa shape index (κ1) is 16.2. The highest BCUT2D eigenvalue weighted by molar-refractivity contribution is 5.76. The van der Waals surface area contributed by atoms with E-state index < -0.39 is 0 Å². The predicted molar refractivity (Wildman–Crippen MR) is 89.3 cm³/mol. The molecular formula is C18H23N3O. The van der Waals surface area contributed by atoms with Crippen LogP contribution < -0.4 is 5.32 Å². The topological polar surface area (TPSA) is 45.2 Å². The Balaban J connectivity index is 1.98. The Morgan fingerprint density at radius 3 is 2.55 bits per heavy atom. The van der Waals surface area contributed by atoms with Crippen LogP contribution in [0, 0.1) is 0 Å². The van der Waals surface area contributed by atoms with Gasteiger partial charge in [0.25, 0.3) is 0 Å². The van der Waals surface area contributed by atoms with Crippen molar-refractivity contribution in [2.24, 2.45) is 0 Å². The second kappa shape index (κ2) is 7.71. The third kappa shape index (κ3) is 4.40. The van der Waals surface area contributed by atoms with Crippen molar-refractivity contribution in [1.82, 2.24) is 15.2 Å². The lowest BCUT2D eigenvalue weighted by Gasteiger charge is -2.24.